The van der Waals surface area contributed by atoms with Crippen LogP contribution < -0.4 is 5.32 Å². The molecule has 0 spiro atoms. The number of halogens is 3. The smallest absolute Gasteiger partial charge is 0.256 e. The number of amides is 1. The molecule has 0 atom stereocenters. The fourth-order valence-corrected chi connectivity index (χ4v) is 2.13. The summed E-state index contributed by atoms with van der Waals surface area (Å²) in [5, 5.41) is 20.9. The molecule has 0 saturated heterocycles. The summed E-state index contributed by atoms with van der Waals surface area (Å²) >= 11 is 11.6. The molecule has 0 fully saturated rings. The molecule has 1 amide bonds. The molecular weight excluding hydrogens is 308 g/mol. The Hall–Kier alpha value is -1.98. The molecule has 2 aromatic carbocycles. The molecule has 0 heterocycles. The topological polar surface area (TPSA) is 69.6 Å². The van der Waals surface area contributed by atoms with Crippen molar-refractivity contribution in [2.75, 3.05) is 5.32 Å². The van der Waals surface area contributed by atoms with E-state index >= 15 is 0 Å². The Bertz CT molecular complexity index is 648. The zero-order valence-corrected chi connectivity index (χ0v) is 11.3. The second-order valence-corrected chi connectivity index (χ2v) is 4.75. The van der Waals surface area contributed by atoms with Crippen LogP contribution in [0.25, 0.3) is 0 Å². The molecule has 4 nitrogen and oxygen atoms in total. The van der Waals surface area contributed by atoms with Crippen LogP contribution in [0.3, 0.4) is 0 Å². The van der Waals surface area contributed by atoms with Crippen molar-refractivity contribution in [1.29, 1.82) is 0 Å². The van der Waals surface area contributed by atoms with Crippen LogP contribution in [-0.4, -0.2) is 16.1 Å². The lowest BCUT2D eigenvalue weighted by Gasteiger charge is -2.10. The van der Waals surface area contributed by atoms with Crippen molar-refractivity contribution in [2.24, 2.45) is 0 Å². The Morgan fingerprint density at radius 2 is 1.50 bits per heavy atom. The minimum atomic E-state index is -0.661. The predicted octanol–water partition coefficient (Wildman–Crippen LogP) is 3.80. The zero-order chi connectivity index (χ0) is 14.9. The fraction of sp³-hybridized carbons (Fsp3) is 0. The van der Waals surface area contributed by atoms with Crippen molar-refractivity contribution in [2.45, 2.75) is 0 Å². The highest BCUT2D eigenvalue weighted by Gasteiger charge is 2.14. The van der Waals surface area contributed by atoms with Crippen LogP contribution in [-0.2, 0) is 0 Å². The number of anilines is 1. The molecule has 3 N–H and O–H groups in total. The van der Waals surface area contributed by atoms with Crippen LogP contribution in [0, 0.1) is 5.82 Å². The summed E-state index contributed by atoms with van der Waals surface area (Å²) in [4.78, 5) is 12.0. The number of phenolic OH excluding ortho intramolecular Hbond substituents is 2. The zero-order valence-electron chi connectivity index (χ0n) is 9.82. The standard InChI is InChI=1S/C13H8Cl2FNO3/c14-10-3-7(16)4-11(15)12(10)17-13(20)6-1-8(18)5-9(19)2-6/h1-5,18-19H,(H,17,20). The van der Waals surface area contributed by atoms with Gasteiger partial charge >= 0.3 is 0 Å². The van der Waals surface area contributed by atoms with Gasteiger partial charge in [0.05, 0.1) is 15.7 Å². The molecule has 2 aromatic rings. The first kappa shape index (κ1) is 14.4. The van der Waals surface area contributed by atoms with Gasteiger partial charge in [-0.1, -0.05) is 23.2 Å². The third-order valence-corrected chi connectivity index (χ3v) is 3.01. The molecule has 0 bridgehead atoms. The highest BCUT2D eigenvalue weighted by atomic mass is 35.5. The summed E-state index contributed by atoms with van der Waals surface area (Å²) in [5.74, 6) is -1.84. The van der Waals surface area contributed by atoms with Gasteiger partial charge in [0.1, 0.15) is 17.3 Å². The number of carbonyl (C=O) groups excluding carboxylic acids is 1. The van der Waals surface area contributed by atoms with Gasteiger partial charge in [0, 0.05) is 11.6 Å². The van der Waals surface area contributed by atoms with Crippen molar-refractivity contribution in [1.82, 2.24) is 0 Å². The van der Waals surface area contributed by atoms with Gasteiger partial charge < -0.3 is 15.5 Å². The van der Waals surface area contributed by atoms with E-state index in [0.29, 0.717) is 0 Å². The van der Waals surface area contributed by atoms with E-state index in [9.17, 15) is 19.4 Å². The van der Waals surface area contributed by atoms with E-state index in [2.05, 4.69) is 5.32 Å². The molecule has 0 radical (unpaired) electrons. The molecule has 104 valence electrons. The monoisotopic (exact) mass is 315 g/mol. The lowest BCUT2D eigenvalue weighted by Crippen LogP contribution is -2.12. The molecule has 0 unspecified atom stereocenters. The van der Waals surface area contributed by atoms with Crippen LogP contribution in [0.2, 0.25) is 10.0 Å². The second kappa shape index (κ2) is 5.56. The third-order valence-electron chi connectivity index (χ3n) is 2.41. The first-order chi connectivity index (χ1) is 9.36. The van der Waals surface area contributed by atoms with Crippen molar-refractivity contribution >= 4 is 34.8 Å². The number of nitrogens with one attached hydrogen (secondary N) is 1. The normalized spacial score (nSPS) is 10.3. The van der Waals surface area contributed by atoms with Crippen molar-refractivity contribution in [3.63, 3.8) is 0 Å². The first-order valence-corrected chi connectivity index (χ1v) is 6.11. The van der Waals surface area contributed by atoms with E-state index in [4.69, 9.17) is 23.2 Å². The third kappa shape index (κ3) is 3.12. The van der Waals surface area contributed by atoms with Gasteiger partial charge in [-0.05, 0) is 24.3 Å². The predicted molar refractivity (Wildman–Crippen MR) is 74.1 cm³/mol. The molecule has 0 aliphatic heterocycles. The Morgan fingerprint density at radius 1 is 1.00 bits per heavy atom. The molecule has 0 aliphatic carbocycles. The van der Waals surface area contributed by atoms with Gasteiger partial charge in [-0.3, -0.25) is 4.79 Å². The molecule has 0 aromatic heterocycles. The summed E-state index contributed by atoms with van der Waals surface area (Å²) in [6.45, 7) is 0. The van der Waals surface area contributed by atoms with Crippen LogP contribution >= 0.6 is 23.2 Å². The Morgan fingerprint density at radius 3 is 2.00 bits per heavy atom. The minimum absolute atomic E-state index is 0.000965. The number of aromatic hydroxyl groups is 2. The number of phenols is 2. The second-order valence-electron chi connectivity index (χ2n) is 3.94. The Kier molecular flexibility index (Phi) is 4.01. The molecule has 0 aliphatic rings. The van der Waals surface area contributed by atoms with Crippen LogP contribution in [0.5, 0.6) is 11.5 Å². The van der Waals surface area contributed by atoms with E-state index in [1.807, 2.05) is 0 Å². The van der Waals surface area contributed by atoms with Crippen LogP contribution in [0.1, 0.15) is 10.4 Å². The largest absolute Gasteiger partial charge is 0.508 e. The molecule has 0 saturated carbocycles. The number of rotatable bonds is 2. The van der Waals surface area contributed by atoms with E-state index in [-0.39, 0.29) is 32.8 Å². The Labute approximate surface area is 123 Å². The van der Waals surface area contributed by atoms with Crippen molar-refractivity contribution in [3.05, 3.63) is 51.8 Å². The Balaban J connectivity index is 2.32. The van der Waals surface area contributed by atoms with E-state index < -0.39 is 11.7 Å². The SMILES string of the molecule is O=C(Nc1c(Cl)cc(F)cc1Cl)c1cc(O)cc(O)c1. The highest BCUT2D eigenvalue weighted by Crippen LogP contribution is 2.32. The van der Waals surface area contributed by atoms with E-state index in [1.165, 1.54) is 0 Å². The lowest BCUT2D eigenvalue weighted by molar-refractivity contribution is 0.102. The number of benzene rings is 2. The summed E-state index contributed by atoms with van der Waals surface area (Å²) in [6.07, 6.45) is 0. The highest BCUT2D eigenvalue weighted by molar-refractivity contribution is 6.40. The molecular formula is C13H8Cl2FNO3. The summed E-state index contributed by atoms with van der Waals surface area (Å²) < 4.78 is 13.0. The molecule has 2 rings (SSSR count). The average Bonchev–Trinajstić information content (AvgIpc) is 2.32. The summed E-state index contributed by atoms with van der Waals surface area (Å²) in [7, 11) is 0. The first-order valence-electron chi connectivity index (χ1n) is 5.36. The number of carbonyl (C=O) groups is 1. The van der Waals surface area contributed by atoms with E-state index in [0.717, 1.165) is 30.3 Å². The maximum absolute atomic E-state index is 13.0. The van der Waals surface area contributed by atoms with Gasteiger partial charge in [0.15, 0.2) is 0 Å². The van der Waals surface area contributed by atoms with E-state index in [1.54, 1.807) is 0 Å². The summed E-state index contributed by atoms with van der Waals surface area (Å²) in [5.41, 5.74) is 0.0431. The quantitative estimate of drug-likeness (QED) is 0.789. The van der Waals surface area contributed by atoms with Gasteiger partial charge in [0.2, 0.25) is 0 Å². The maximum atomic E-state index is 13.0. The number of hydrogen-bond acceptors (Lipinski definition) is 3. The number of hydrogen-bond donors (Lipinski definition) is 3. The fourth-order valence-electron chi connectivity index (χ4n) is 1.57. The minimum Gasteiger partial charge on any atom is -0.508 e. The van der Waals surface area contributed by atoms with Gasteiger partial charge in [-0.25, -0.2) is 4.39 Å². The van der Waals surface area contributed by atoms with Crippen molar-refractivity contribution < 1.29 is 19.4 Å². The van der Waals surface area contributed by atoms with Crippen LogP contribution in [0.15, 0.2) is 30.3 Å². The van der Waals surface area contributed by atoms with Gasteiger partial charge in [-0.15, -0.1) is 0 Å². The van der Waals surface area contributed by atoms with Crippen LogP contribution in [0.4, 0.5) is 10.1 Å². The lowest BCUT2D eigenvalue weighted by atomic mass is 10.2. The average molecular weight is 316 g/mol. The summed E-state index contributed by atoms with van der Waals surface area (Å²) in [6, 6.07) is 5.39. The molecule has 7 heteroatoms. The van der Waals surface area contributed by atoms with Gasteiger partial charge in [0.25, 0.3) is 5.91 Å². The van der Waals surface area contributed by atoms with Crippen molar-refractivity contribution in [3.8, 4) is 11.5 Å². The van der Waals surface area contributed by atoms with Gasteiger partial charge in [-0.2, -0.15) is 0 Å². The molecule has 20 heavy (non-hydrogen) atoms. The maximum Gasteiger partial charge on any atom is 0.256 e.